The van der Waals surface area contributed by atoms with Crippen LogP contribution < -0.4 is 14.2 Å². The van der Waals surface area contributed by atoms with Crippen molar-refractivity contribution in [1.82, 2.24) is 9.62 Å². The summed E-state index contributed by atoms with van der Waals surface area (Å²) in [6.45, 7) is 3.58. The van der Waals surface area contributed by atoms with Gasteiger partial charge in [0.15, 0.2) is 11.5 Å². The molecule has 0 spiro atoms. The van der Waals surface area contributed by atoms with Gasteiger partial charge in [-0.25, -0.2) is 13.1 Å². The van der Waals surface area contributed by atoms with Gasteiger partial charge < -0.3 is 9.47 Å². The van der Waals surface area contributed by atoms with Crippen LogP contribution in [0, 0.1) is 0 Å². The average molecular weight is 388 g/mol. The molecule has 2 aliphatic heterocycles. The van der Waals surface area contributed by atoms with E-state index in [0.717, 1.165) is 32.5 Å². The number of rotatable bonds is 5. The minimum absolute atomic E-state index is 0.0461. The Balaban J connectivity index is 1.35. The van der Waals surface area contributed by atoms with E-state index in [0.29, 0.717) is 24.7 Å². The lowest BCUT2D eigenvalue weighted by Crippen LogP contribution is -2.44. The van der Waals surface area contributed by atoms with Crippen LogP contribution in [0.25, 0.3) is 0 Å². The van der Waals surface area contributed by atoms with Crippen LogP contribution in [0.4, 0.5) is 0 Å². The lowest BCUT2D eigenvalue weighted by atomic mass is 10.1. The van der Waals surface area contributed by atoms with E-state index < -0.39 is 10.0 Å². The molecular formula is C20H24N2O4S. The van der Waals surface area contributed by atoms with Crippen molar-refractivity contribution in [2.75, 3.05) is 26.3 Å². The summed E-state index contributed by atoms with van der Waals surface area (Å²) in [5.41, 5.74) is 1.29. The van der Waals surface area contributed by atoms with Crippen LogP contribution in [0.3, 0.4) is 0 Å². The molecule has 144 valence electrons. The van der Waals surface area contributed by atoms with Crippen LogP contribution in [0.15, 0.2) is 53.4 Å². The largest absolute Gasteiger partial charge is 0.486 e. The van der Waals surface area contributed by atoms with Crippen LogP contribution in [0.1, 0.15) is 18.4 Å². The monoisotopic (exact) mass is 388 g/mol. The van der Waals surface area contributed by atoms with E-state index in [1.54, 1.807) is 18.2 Å². The highest BCUT2D eigenvalue weighted by atomic mass is 32.2. The SMILES string of the molecule is O=S(=O)(NC1CCN(Cc2ccccc2)CC1)c1ccc2c(c1)OCCO2. The van der Waals surface area contributed by atoms with Gasteiger partial charge >= 0.3 is 0 Å². The molecule has 0 atom stereocenters. The Bertz CT molecular complexity index is 878. The van der Waals surface area contributed by atoms with Crippen molar-refractivity contribution < 1.29 is 17.9 Å². The fraction of sp³-hybridized carbons (Fsp3) is 0.400. The van der Waals surface area contributed by atoms with Crippen LogP contribution in [-0.2, 0) is 16.6 Å². The predicted molar refractivity (Wildman–Crippen MR) is 102 cm³/mol. The molecule has 0 aromatic heterocycles. The minimum Gasteiger partial charge on any atom is -0.486 e. The van der Waals surface area contributed by atoms with Crippen molar-refractivity contribution in [3.05, 3.63) is 54.1 Å². The zero-order chi connectivity index (χ0) is 18.7. The topological polar surface area (TPSA) is 67.9 Å². The fourth-order valence-electron chi connectivity index (χ4n) is 3.53. The molecule has 27 heavy (non-hydrogen) atoms. The number of ether oxygens (including phenoxy) is 2. The van der Waals surface area contributed by atoms with Gasteiger partial charge in [-0.15, -0.1) is 0 Å². The summed E-state index contributed by atoms with van der Waals surface area (Å²) < 4.78 is 39.3. The molecule has 2 aromatic rings. The molecule has 1 fully saturated rings. The Labute approximate surface area is 160 Å². The number of benzene rings is 2. The second kappa shape index (κ2) is 7.88. The molecule has 1 saturated heterocycles. The van der Waals surface area contributed by atoms with Crippen molar-refractivity contribution in [3.63, 3.8) is 0 Å². The number of hydrogen-bond acceptors (Lipinski definition) is 5. The van der Waals surface area contributed by atoms with Gasteiger partial charge in [0, 0.05) is 31.7 Å². The molecular weight excluding hydrogens is 364 g/mol. The number of fused-ring (bicyclic) bond motifs is 1. The van der Waals surface area contributed by atoms with Gasteiger partial charge in [-0.05, 0) is 30.5 Å². The standard InChI is InChI=1S/C20H24N2O4S/c23-27(24,18-6-7-19-20(14-18)26-13-12-25-19)21-17-8-10-22(11-9-17)15-16-4-2-1-3-5-16/h1-7,14,17,21H,8-13,15H2. The summed E-state index contributed by atoms with van der Waals surface area (Å²) >= 11 is 0. The van der Waals surface area contributed by atoms with E-state index in [4.69, 9.17) is 9.47 Å². The molecule has 0 unspecified atom stereocenters. The molecule has 0 amide bonds. The molecule has 0 saturated carbocycles. The van der Waals surface area contributed by atoms with Crippen molar-refractivity contribution in [1.29, 1.82) is 0 Å². The molecule has 2 heterocycles. The van der Waals surface area contributed by atoms with Gasteiger partial charge in [0.25, 0.3) is 0 Å². The van der Waals surface area contributed by atoms with Gasteiger partial charge in [-0.2, -0.15) is 0 Å². The summed E-state index contributed by atoms with van der Waals surface area (Å²) in [5.74, 6) is 1.08. The second-order valence-electron chi connectivity index (χ2n) is 6.96. The molecule has 0 bridgehead atoms. The summed E-state index contributed by atoms with van der Waals surface area (Å²) in [6.07, 6.45) is 1.60. The third-order valence-corrected chi connectivity index (χ3v) is 6.50. The van der Waals surface area contributed by atoms with Crippen molar-refractivity contribution in [3.8, 4) is 11.5 Å². The van der Waals surface area contributed by atoms with Gasteiger partial charge in [0.05, 0.1) is 4.90 Å². The van der Waals surface area contributed by atoms with Crippen molar-refractivity contribution in [2.45, 2.75) is 30.3 Å². The van der Waals surface area contributed by atoms with E-state index in [2.05, 4.69) is 21.8 Å². The van der Waals surface area contributed by atoms with Crippen molar-refractivity contribution in [2.24, 2.45) is 0 Å². The van der Waals surface area contributed by atoms with Crippen LogP contribution in [-0.4, -0.2) is 45.7 Å². The first-order valence-corrected chi connectivity index (χ1v) is 10.8. The van der Waals surface area contributed by atoms with E-state index in [-0.39, 0.29) is 10.9 Å². The minimum atomic E-state index is -3.57. The highest BCUT2D eigenvalue weighted by molar-refractivity contribution is 7.89. The summed E-state index contributed by atoms with van der Waals surface area (Å²) in [7, 11) is -3.57. The van der Waals surface area contributed by atoms with Crippen LogP contribution in [0.5, 0.6) is 11.5 Å². The summed E-state index contributed by atoms with van der Waals surface area (Å²) in [6, 6.07) is 15.1. The maximum Gasteiger partial charge on any atom is 0.240 e. The molecule has 4 rings (SSSR count). The Morgan fingerprint density at radius 3 is 2.41 bits per heavy atom. The molecule has 1 N–H and O–H groups in total. The van der Waals surface area contributed by atoms with E-state index >= 15 is 0 Å². The number of likely N-dealkylation sites (tertiary alicyclic amines) is 1. The number of nitrogens with one attached hydrogen (secondary N) is 1. The molecule has 2 aliphatic rings. The number of nitrogens with zero attached hydrogens (tertiary/aromatic N) is 1. The highest BCUT2D eigenvalue weighted by Gasteiger charge is 2.26. The zero-order valence-electron chi connectivity index (χ0n) is 15.1. The highest BCUT2D eigenvalue weighted by Crippen LogP contribution is 2.32. The van der Waals surface area contributed by atoms with Gasteiger partial charge in [0.2, 0.25) is 10.0 Å². The molecule has 0 aliphatic carbocycles. The normalized spacial score (nSPS) is 18.4. The lowest BCUT2D eigenvalue weighted by Gasteiger charge is -2.32. The fourth-order valence-corrected chi connectivity index (χ4v) is 4.85. The van der Waals surface area contributed by atoms with E-state index in [9.17, 15) is 8.42 Å². The van der Waals surface area contributed by atoms with Gasteiger partial charge in [-0.1, -0.05) is 30.3 Å². The summed E-state index contributed by atoms with van der Waals surface area (Å²) in [5, 5.41) is 0. The van der Waals surface area contributed by atoms with Crippen LogP contribution in [0.2, 0.25) is 0 Å². The zero-order valence-corrected chi connectivity index (χ0v) is 16.0. The molecule has 0 radical (unpaired) electrons. The first kappa shape index (κ1) is 18.3. The quantitative estimate of drug-likeness (QED) is 0.852. The van der Waals surface area contributed by atoms with Crippen LogP contribution >= 0.6 is 0 Å². The first-order chi connectivity index (χ1) is 13.1. The van der Waals surface area contributed by atoms with Crippen molar-refractivity contribution >= 4 is 10.0 Å². The average Bonchev–Trinajstić information content (AvgIpc) is 2.70. The second-order valence-corrected chi connectivity index (χ2v) is 8.68. The molecule has 7 heteroatoms. The number of hydrogen-bond donors (Lipinski definition) is 1. The Hall–Kier alpha value is -2.09. The molecule has 2 aromatic carbocycles. The third kappa shape index (κ3) is 4.43. The Kier molecular flexibility index (Phi) is 5.33. The smallest absolute Gasteiger partial charge is 0.240 e. The first-order valence-electron chi connectivity index (χ1n) is 9.28. The number of piperidine rings is 1. The predicted octanol–water partition coefficient (Wildman–Crippen LogP) is 2.40. The molecule has 6 nitrogen and oxygen atoms in total. The van der Waals surface area contributed by atoms with Gasteiger partial charge in [0.1, 0.15) is 13.2 Å². The van der Waals surface area contributed by atoms with Gasteiger partial charge in [-0.3, -0.25) is 4.90 Å². The Morgan fingerprint density at radius 1 is 0.963 bits per heavy atom. The third-order valence-electron chi connectivity index (χ3n) is 4.98. The lowest BCUT2D eigenvalue weighted by molar-refractivity contribution is 0.171. The maximum atomic E-state index is 12.7. The maximum absolute atomic E-state index is 12.7. The summed E-state index contributed by atoms with van der Waals surface area (Å²) in [4.78, 5) is 2.59. The Morgan fingerprint density at radius 2 is 1.67 bits per heavy atom. The van der Waals surface area contributed by atoms with E-state index in [1.165, 1.54) is 5.56 Å². The van der Waals surface area contributed by atoms with E-state index in [1.807, 2.05) is 18.2 Å². The number of sulfonamides is 1.